The lowest BCUT2D eigenvalue weighted by Gasteiger charge is -2.35. The first-order valence-electron chi connectivity index (χ1n) is 9.11. The molecule has 0 spiro atoms. The number of benzene rings is 2. The zero-order chi connectivity index (χ0) is 16.2. The highest BCUT2D eigenvalue weighted by atomic mass is 16.5. The molecule has 0 unspecified atom stereocenters. The first kappa shape index (κ1) is 15.7. The number of nitrogens with one attached hydrogen (secondary N) is 1. The van der Waals surface area contributed by atoms with Gasteiger partial charge in [-0.15, -0.1) is 0 Å². The molecule has 3 nitrogen and oxygen atoms in total. The van der Waals surface area contributed by atoms with E-state index in [-0.39, 0.29) is 0 Å². The zero-order valence-corrected chi connectivity index (χ0v) is 14.2. The Balaban J connectivity index is 1.42. The molecule has 1 saturated carbocycles. The Hall–Kier alpha value is -1.84. The first-order chi connectivity index (χ1) is 11.9. The second-order valence-corrected chi connectivity index (χ2v) is 6.91. The molecular weight excluding hydrogens is 296 g/mol. The fraction of sp³-hybridized carbons (Fsp3) is 0.429. The van der Waals surface area contributed by atoms with Crippen molar-refractivity contribution in [1.82, 2.24) is 10.2 Å². The number of nitrogens with zero attached hydrogens (tertiary/aromatic N) is 1. The van der Waals surface area contributed by atoms with Gasteiger partial charge in [0, 0.05) is 32.2 Å². The van der Waals surface area contributed by atoms with Crippen LogP contribution in [-0.4, -0.2) is 31.1 Å². The van der Waals surface area contributed by atoms with E-state index in [1.54, 1.807) is 0 Å². The molecule has 1 N–H and O–H groups in total. The molecule has 1 heterocycles. The number of piperazine rings is 1. The quantitative estimate of drug-likeness (QED) is 0.879. The Labute approximate surface area is 144 Å². The van der Waals surface area contributed by atoms with Crippen LogP contribution in [0.15, 0.2) is 54.6 Å². The van der Waals surface area contributed by atoms with Gasteiger partial charge in [-0.05, 0) is 42.0 Å². The minimum absolute atomic E-state index is 0.593. The van der Waals surface area contributed by atoms with Crippen molar-refractivity contribution in [3.8, 4) is 5.75 Å². The molecule has 1 aliphatic carbocycles. The fourth-order valence-corrected chi connectivity index (χ4v) is 3.66. The lowest BCUT2D eigenvalue weighted by Crippen LogP contribution is -2.45. The Bertz CT molecular complexity index is 631. The molecule has 126 valence electrons. The summed E-state index contributed by atoms with van der Waals surface area (Å²) in [6.07, 6.45) is 2.75. The summed E-state index contributed by atoms with van der Waals surface area (Å²) in [6.45, 7) is 5.17. The van der Waals surface area contributed by atoms with Gasteiger partial charge in [-0.1, -0.05) is 42.5 Å². The van der Waals surface area contributed by atoms with E-state index in [9.17, 15) is 0 Å². The highest BCUT2D eigenvalue weighted by molar-refractivity contribution is 5.30. The zero-order valence-electron chi connectivity index (χ0n) is 14.2. The van der Waals surface area contributed by atoms with Crippen molar-refractivity contribution >= 4 is 0 Å². The van der Waals surface area contributed by atoms with Gasteiger partial charge in [-0.3, -0.25) is 4.90 Å². The maximum atomic E-state index is 5.92. The van der Waals surface area contributed by atoms with Gasteiger partial charge in [0.15, 0.2) is 0 Å². The van der Waals surface area contributed by atoms with Crippen molar-refractivity contribution in [2.24, 2.45) is 5.92 Å². The predicted octanol–water partition coefficient (Wildman–Crippen LogP) is 3.62. The van der Waals surface area contributed by atoms with Gasteiger partial charge in [0.05, 0.1) is 0 Å². The van der Waals surface area contributed by atoms with E-state index in [0.29, 0.717) is 12.6 Å². The highest BCUT2D eigenvalue weighted by Gasteiger charge is 2.36. The topological polar surface area (TPSA) is 24.5 Å². The van der Waals surface area contributed by atoms with E-state index in [0.717, 1.165) is 37.8 Å². The van der Waals surface area contributed by atoms with Gasteiger partial charge in [0.25, 0.3) is 0 Å². The monoisotopic (exact) mass is 322 g/mol. The van der Waals surface area contributed by atoms with Gasteiger partial charge in [-0.25, -0.2) is 0 Å². The molecule has 3 heteroatoms. The van der Waals surface area contributed by atoms with Crippen molar-refractivity contribution in [2.75, 3.05) is 26.2 Å². The summed E-state index contributed by atoms with van der Waals surface area (Å²) in [6, 6.07) is 19.7. The van der Waals surface area contributed by atoms with Crippen LogP contribution in [0.3, 0.4) is 0 Å². The second kappa shape index (κ2) is 7.37. The maximum Gasteiger partial charge on any atom is 0.119 e. The first-order valence-corrected chi connectivity index (χ1v) is 9.11. The molecule has 0 bridgehead atoms. The molecule has 0 aromatic heterocycles. The molecule has 1 atom stereocenters. The molecule has 2 aromatic carbocycles. The van der Waals surface area contributed by atoms with Crippen LogP contribution in [0.5, 0.6) is 5.75 Å². The van der Waals surface area contributed by atoms with E-state index in [2.05, 4.69) is 58.7 Å². The molecule has 4 rings (SSSR count). The summed E-state index contributed by atoms with van der Waals surface area (Å²) < 4.78 is 5.92. The van der Waals surface area contributed by atoms with E-state index in [4.69, 9.17) is 4.74 Å². The van der Waals surface area contributed by atoms with Crippen molar-refractivity contribution < 1.29 is 4.74 Å². The third-order valence-corrected chi connectivity index (χ3v) is 5.08. The average Bonchev–Trinajstić information content (AvgIpc) is 3.48. The standard InChI is InChI=1S/C21H26N2O/c1-2-4-17(5-3-1)16-24-20-10-8-19(9-11-20)21(18-6-7-18)23-14-12-22-13-15-23/h1-5,8-11,18,21-22H,6-7,12-16H2/t21-/m0/s1. The Morgan fingerprint density at radius 3 is 2.33 bits per heavy atom. The van der Waals surface area contributed by atoms with Crippen LogP contribution < -0.4 is 10.1 Å². The smallest absolute Gasteiger partial charge is 0.119 e. The van der Waals surface area contributed by atoms with Crippen LogP contribution in [0.2, 0.25) is 0 Å². The van der Waals surface area contributed by atoms with Gasteiger partial charge < -0.3 is 10.1 Å². The van der Waals surface area contributed by atoms with Crippen LogP contribution in [0.1, 0.15) is 30.0 Å². The van der Waals surface area contributed by atoms with Crippen LogP contribution in [-0.2, 0) is 6.61 Å². The van der Waals surface area contributed by atoms with Crippen molar-refractivity contribution in [1.29, 1.82) is 0 Å². The van der Waals surface area contributed by atoms with E-state index >= 15 is 0 Å². The summed E-state index contributed by atoms with van der Waals surface area (Å²) in [4.78, 5) is 2.66. The van der Waals surface area contributed by atoms with Gasteiger partial charge in [-0.2, -0.15) is 0 Å². The largest absolute Gasteiger partial charge is 0.489 e. The number of hydrogen-bond donors (Lipinski definition) is 1. The lowest BCUT2D eigenvalue weighted by molar-refractivity contribution is 0.156. The minimum atomic E-state index is 0.593. The normalized spacial score (nSPS) is 19.8. The van der Waals surface area contributed by atoms with Gasteiger partial charge in [0.1, 0.15) is 12.4 Å². The van der Waals surface area contributed by atoms with Crippen LogP contribution in [0.4, 0.5) is 0 Å². The molecule has 0 radical (unpaired) electrons. The van der Waals surface area contributed by atoms with Crippen LogP contribution >= 0.6 is 0 Å². The van der Waals surface area contributed by atoms with Crippen LogP contribution in [0.25, 0.3) is 0 Å². The number of ether oxygens (including phenoxy) is 1. The van der Waals surface area contributed by atoms with E-state index < -0.39 is 0 Å². The minimum Gasteiger partial charge on any atom is -0.489 e. The van der Waals surface area contributed by atoms with Gasteiger partial charge in [0.2, 0.25) is 0 Å². The fourth-order valence-electron chi connectivity index (χ4n) is 3.66. The molecular formula is C21H26N2O. The summed E-state index contributed by atoms with van der Waals surface area (Å²) >= 11 is 0. The molecule has 2 aliphatic rings. The van der Waals surface area contributed by atoms with Crippen molar-refractivity contribution in [3.05, 3.63) is 65.7 Å². The SMILES string of the molecule is c1ccc(COc2ccc([C@H](C3CC3)N3CCNCC3)cc2)cc1. The van der Waals surface area contributed by atoms with Crippen molar-refractivity contribution in [2.45, 2.75) is 25.5 Å². The molecule has 1 saturated heterocycles. The Morgan fingerprint density at radius 1 is 0.958 bits per heavy atom. The lowest BCUT2D eigenvalue weighted by atomic mass is 9.99. The maximum absolute atomic E-state index is 5.92. The Kier molecular flexibility index (Phi) is 4.81. The van der Waals surface area contributed by atoms with Gasteiger partial charge >= 0.3 is 0 Å². The summed E-state index contributed by atoms with van der Waals surface area (Å²) in [7, 11) is 0. The second-order valence-electron chi connectivity index (χ2n) is 6.91. The number of rotatable bonds is 6. The molecule has 24 heavy (non-hydrogen) atoms. The summed E-state index contributed by atoms with van der Waals surface area (Å²) in [5, 5.41) is 3.46. The summed E-state index contributed by atoms with van der Waals surface area (Å²) in [5.74, 6) is 1.80. The third-order valence-electron chi connectivity index (χ3n) is 5.08. The van der Waals surface area contributed by atoms with Crippen LogP contribution in [0, 0.1) is 5.92 Å². The Morgan fingerprint density at radius 2 is 1.67 bits per heavy atom. The van der Waals surface area contributed by atoms with E-state index in [1.165, 1.54) is 24.0 Å². The van der Waals surface area contributed by atoms with E-state index in [1.807, 2.05) is 6.07 Å². The highest BCUT2D eigenvalue weighted by Crippen LogP contribution is 2.44. The average molecular weight is 322 g/mol. The van der Waals surface area contributed by atoms with Crippen molar-refractivity contribution in [3.63, 3.8) is 0 Å². The number of hydrogen-bond acceptors (Lipinski definition) is 3. The third kappa shape index (κ3) is 3.80. The summed E-state index contributed by atoms with van der Waals surface area (Å²) in [5.41, 5.74) is 2.66. The molecule has 1 aliphatic heterocycles. The molecule has 0 amide bonds. The molecule has 2 aromatic rings. The molecule has 2 fully saturated rings. The predicted molar refractivity (Wildman–Crippen MR) is 97.1 cm³/mol.